The number of rotatable bonds is 5. The monoisotopic (exact) mass is 351 g/mol. The number of aromatic nitrogens is 1. The Kier molecular flexibility index (Phi) is 5.66. The van der Waals surface area contributed by atoms with Gasteiger partial charge in [-0.3, -0.25) is 4.79 Å². The van der Waals surface area contributed by atoms with Gasteiger partial charge in [-0.05, 0) is 25.2 Å². The molecule has 1 N–H and O–H groups in total. The molecule has 0 radical (unpaired) electrons. The smallest absolute Gasteiger partial charge is 0.262 e. The van der Waals surface area contributed by atoms with Crippen LogP contribution in [0.2, 0.25) is 0 Å². The third kappa shape index (κ3) is 4.29. The van der Waals surface area contributed by atoms with Gasteiger partial charge in [0.05, 0.1) is 6.26 Å². The number of furan rings is 1. The molecule has 0 bridgehead atoms. The lowest BCUT2D eigenvalue weighted by atomic mass is 10.2. The Morgan fingerprint density at radius 2 is 2.15 bits per heavy atom. The quantitative estimate of drug-likeness (QED) is 0.651. The molecule has 3 rings (SSSR count). The molecule has 1 aliphatic rings. The van der Waals surface area contributed by atoms with Crippen LogP contribution in [0.15, 0.2) is 46.7 Å². The summed E-state index contributed by atoms with van der Waals surface area (Å²) in [6, 6.07) is 9.11. The summed E-state index contributed by atoms with van der Waals surface area (Å²) in [4.78, 5) is 21.3. The fourth-order valence-corrected chi connectivity index (χ4v) is 2.81. The Bertz CT molecular complexity index is 815. The van der Waals surface area contributed by atoms with Crippen molar-refractivity contribution in [1.82, 2.24) is 15.2 Å². The number of hydrogen-bond donors (Lipinski definition) is 1. The van der Waals surface area contributed by atoms with Crippen molar-refractivity contribution in [3.8, 4) is 6.07 Å². The summed E-state index contributed by atoms with van der Waals surface area (Å²) in [6.45, 7) is 4.07. The molecular weight excluding hydrogens is 330 g/mol. The molecule has 0 aliphatic carbocycles. The molecule has 1 saturated heterocycles. The number of amides is 1. The van der Waals surface area contributed by atoms with Gasteiger partial charge in [-0.2, -0.15) is 5.26 Å². The number of nitriles is 1. The molecule has 1 amide bonds. The minimum absolute atomic E-state index is 0.00462. The van der Waals surface area contributed by atoms with E-state index >= 15 is 0 Å². The summed E-state index contributed by atoms with van der Waals surface area (Å²) in [5.74, 6) is 0.919. The lowest BCUT2D eigenvalue weighted by Gasteiger charge is -2.34. The second-order valence-electron chi connectivity index (χ2n) is 6.14. The second-order valence-corrected chi connectivity index (χ2v) is 6.14. The van der Waals surface area contributed by atoms with Crippen molar-refractivity contribution >= 4 is 17.8 Å². The molecule has 0 aromatic carbocycles. The average molecular weight is 351 g/mol. The van der Waals surface area contributed by atoms with Crippen LogP contribution in [0.5, 0.6) is 0 Å². The highest BCUT2D eigenvalue weighted by atomic mass is 16.3. The largest absolute Gasteiger partial charge is 0.465 e. The molecule has 2 aromatic rings. The minimum Gasteiger partial charge on any atom is -0.465 e. The Labute approximate surface area is 152 Å². The van der Waals surface area contributed by atoms with Crippen molar-refractivity contribution in [3.05, 3.63) is 53.6 Å². The molecule has 7 heteroatoms. The number of pyridine rings is 1. The molecule has 1 fully saturated rings. The van der Waals surface area contributed by atoms with E-state index in [1.807, 2.05) is 18.2 Å². The van der Waals surface area contributed by atoms with Gasteiger partial charge in [-0.15, -0.1) is 0 Å². The molecule has 0 saturated carbocycles. The first-order chi connectivity index (χ1) is 12.7. The molecule has 134 valence electrons. The van der Waals surface area contributed by atoms with Crippen molar-refractivity contribution in [2.45, 2.75) is 6.54 Å². The van der Waals surface area contributed by atoms with E-state index in [9.17, 15) is 10.1 Å². The first-order valence-corrected chi connectivity index (χ1v) is 8.48. The van der Waals surface area contributed by atoms with Crippen molar-refractivity contribution in [2.24, 2.45) is 0 Å². The van der Waals surface area contributed by atoms with Crippen LogP contribution >= 0.6 is 0 Å². The van der Waals surface area contributed by atoms with E-state index in [1.165, 1.54) is 12.3 Å². The Morgan fingerprint density at radius 1 is 1.35 bits per heavy atom. The number of carbonyl (C=O) groups is 1. The summed E-state index contributed by atoms with van der Waals surface area (Å²) < 4.78 is 5.16. The van der Waals surface area contributed by atoms with Crippen molar-refractivity contribution in [1.29, 1.82) is 5.26 Å². The van der Waals surface area contributed by atoms with Crippen LogP contribution in [0.4, 0.5) is 5.82 Å². The van der Waals surface area contributed by atoms with Crippen LogP contribution in [0.25, 0.3) is 6.08 Å². The zero-order valence-corrected chi connectivity index (χ0v) is 14.7. The summed E-state index contributed by atoms with van der Waals surface area (Å²) >= 11 is 0. The highest BCUT2D eigenvalue weighted by Crippen LogP contribution is 2.18. The molecule has 0 atom stereocenters. The topological polar surface area (TPSA) is 85.4 Å². The molecule has 1 aliphatic heterocycles. The Balaban J connectivity index is 1.68. The average Bonchev–Trinajstić information content (AvgIpc) is 3.18. The third-order valence-corrected chi connectivity index (χ3v) is 4.30. The number of likely N-dealkylation sites (N-methyl/N-ethyl adjacent to an activating group) is 1. The molecule has 26 heavy (non-hydrogen) atoms. The number of nitrogens with one attached hydrogen (secondary N) is 1. The van der Waals surface area contributed by atoms with E-state index in [2.05, 4.69) is 27.1 Å². The molecule has 2 aromatic heterocycles. The van der Waals surface area contributed by atoms with Crippen LogP contribution in [-0.4, -0.2) is 49.0 Å². The van der Waals surface area contributed by atoms with E-state index in [1.54, 1.807) is 18.3 Å². The minimum atomic E-state index is -0.433. The maximum atomic E-state index is 12.3. The summed E-state index contributed by atoms with van der Waals surface area (Å²) in [7, 11) is 2.10. The summed E-state index contributed by atoms with van der Waals surface area (Å²) in [5.41, 5.74) is 0.936. The van der Waals surface area contributed by atoms with Gasteiger partial charge < -0.3 is 19.5 Å². The Morgan fingerprint density at radius 3 is 2.85 bits per heavy atom. The van der Waals surface area contributed by atoms with Gasteiger partial charge in [0.1, 0.15) is 23.2 Å². The SMILES string of the molecule is CN1CCN(c2ncccc2CNC(=O)/C(C#N)=C/c2ccco2)CC1. The fourth-order valence-electron chi connectivity index (χ4n) is 2.81. The zero-order chi connectivity index (χ0) is 18.4. The molecule has 0 unspecified atom stereocenters. The molecule has 0 spiro atoms. The van der Waals surface area contributed by atoms with Crippen LogP contribution in [0.1, 0.15) is 11.3 Å². The number of piperazine rings is 1. The summed E-state index contributed by atoms with van der Waals surface area (Å²) in [5, 5.41) is 12.0. The van der Waals surface area contributed by atoms with E-state index < -0.39 is 5.91 Å². The van der Waals surface area contributed by atoms with Gasteiger partial charge in [0, 0.05) is 50.6 Å². The maximum absolute atomic E-state index is 12.3. The fraction of sp³-hybridized carbons (Fsp3) is 0.316. The highest BCUT2D eigenvalue weighted by Gasteiger charge is 2.18. The molecule has 7 nitrogen and oxygen atoms in total. The van der Waals surface area contributed by atoms with Crippen LogP contribution in [0.3, 0.4) is 0 Å². The molecule has 3 heterocycles. The molecular formula is C19H21N5O2. The number of hydrogen-bond acceptors (Lipinski definition) is 6. The first kappa shape index (κ1) is 17.7. The predicted molar refractivity (Wildman–Crippen MR) is 98.1 cm³/mol. The first-order valence-electron chi connectivity index (χ1n) is 8.48. The van der Waals surface area contributed by atoms with Gasteiger partial charge in [0.15, 0.2) is 0 Å². The van der Waals surface area contributed by atoms with Crippen molar-refractivity contribution in [3.63, 3.8) is 0 Å². The Hall–Kier alpha value is -3.11. The van der Waals surface area contributed by atoms with Gasteiger partial charge in [0.25, 0.3) is 5.91 Å². The van der Waals surface area contributed by atoms with E-state index in [0.29, 0.717) is 12.3 Å². The second kappa shape index (κ2) is 8.32. The van der Waals surface area contributed by atoms with Gasteiger partial charge >= 0.3 is 0 Å². The van der Waals surface area contributed by atoms with E-state index in [0.717, 1.165) is 37.6 Å². The van der Waals surface area contributed by atoms with Gasteiger partial charge in [-0.25, -0.2) is 4.98 Å². The maximum Gasteiger partial charge on any atom is 0.262 e. The third-order valence-electron chi connectivity index (χ3n) is 4.30. The normalized spacial score (nSPS) is 15.5. The lowest BCUT2D eigenvalue weighted by molar-refractivity contribution is -0.117. The van der Waals surface area contributed by atoms with Crippen molar-refractivity contribution in [2.75, 3.05) is 38.1 Å². The van der Waals surface area contributed by atoms with Crippen LogP contribution in [0, 0.1) is 11.3 Å². The highest BCUT2D eigenvalue weighted by molar-refractivity contribution is 6.01. The van der Waals surface area contributed by atoms with Crippen molar-refractivity contribution < 1.29 is 9.21 Å². The van der Waals surface area contributed by atoms with Gasteiger partial charge in [0.2, 0.25) is 0 Å². The number of carbonyl (C=O) groups excluding carboxylic acids is 1. The van der Waals surface area contributed by atoms with Crippen LogP contribution in [-0.2, 0) is 11.3 Å². The van der Waals surface area contributed by atoms with E-state index in [4.69, 9.17) is 4.42 Å². The summed E-state index contributed by atoms with van der Waals surface area (Å²) in [6.07, 6.45) is 4.69. The number of nitrogens with zero attached hydrogens (tertiary/aromatic N) is 4. The van der Waals surface area contributed by atoms with E-state index in [-0.39, 0.29) is 5.57 Å². The number of anilines is 1. The van der Waals surface area contributed by atoms with Gasteiger partial charge in [-0.1, -0.05) is 6.07 Å². The zero-order valence-electron chi connectivity index (χ0n) is 14.7. The predicted octanol–water partition coefficient (Wildman–Crippen LogP) is 1.65. The van der Waals surface area contributed by atoms with Crippen LogP contribution < -0.4 is 10.2 Å². The standard InChI is InChI=1S/C19H21N5O2/c1-23-7-9-24(10-8-23)18-15(4-2-6-21-18)14-22-19(25)16(13-20)12-17-5-3-11-26-17/h2-6,11-12H,7-10,14H2,1H3,(H,22,25)/b16-12+. The lowest BCUT2D eigenvalue weighted by Crippen LogP contribution is -2.45.